The summed E-state index contributed by atoms with van der Waals surface area (Å²) in [5.41, 5.74) is 7.83. The lowest BCUT2D eigenvalue weighted by Crippen LogP contribution is -2.03. The molecule has 3 N–H and O–H groups in total. The quantitative estimate of drug-likeness (QED) is 0.501. The third-order valence-electron chi connectivity index (χ3n) is 3.29. The average molecular weight is 395 g/mol. The van der Waals surface area contributed by atoms with E-state index in [2.05, 4.69) is 10.2 Å². The molecule has 0 fully saturated rings. The van der Waals surface area contributed by atoms with Gasteiger partial charge in [0.1, 0.15) is 0 Å². The van der Waals surface area contributed by atoms with E-state index in [0.29, 0.717) is 32.4 Å². The Morgan fingerprint density at radius 3 is 2.48 bits per heavy atom. The molecule has 1 heterocycles. The van der Waals surface area contributed by atoms with Gasteiger partial charge in [-0.05, 0) is 42.5 Å². The van der Waals surface area contributed by atoms with Crippen LogP contribution in [0, 0.1) is 0 Å². The molecular formula is C16H12Cl2N4O2S. The number of rotatable bonds is 5. The van der Waals surface area contributed by atoms with Crippen molar-refractivity contribution in [3.8, 4) is 17.1 Å². The summed E-state index contributed by atoms with van der Waals surface area (Å²) in [6.07, 6.45) is 0. The van der Waals surface area contributed by atoms with Crippen molar-refractivity contribution in [3.63, 3.8) is 0 Å². The van der Waals surface area contributed by atoms with Crippen LogP contribution in [0.25, 0.3) is 17.1 Å². The highest BCUT2D eigenvalue weighted by Gasteiger charge is 2.17. The number of halogens is 2. The van der Waals surface area contributed by atoms with E-state index in [1.165, 1.54) is 0 Å². The largest absolute Gasteiger partial charge is 0.481 e. The van der Waals surface area contributed by atoms with Gasteiger partial charge in [0.25, 0.3) is 0 Å². The molecule has 0 saturated carbocycles. The van der Waals surface area contributed by atoms with E-state index in [4.69, 9.17) is 34.0 Å². The Labute approximate surface area is 157 Å². The first-order valence-electron chi connectivity index (χ1n) is 7.07. The van der Waals surface area contributed by atoms with Gasteiger partial charge in [-0.2, -0.15) is 0 Å². The van der Waals surface area contributed by atoms with Crippen LogP contribution in [0.1, 0.15) is 0 Å². The number of hydrogen-bond acceptors (Lipinski definition) is 5. The van der Waals surface area contributed by atoms with Crippen molar-refractivity contribution in [2.24, 2.45) is 0 Å². The van der Waals surface area contributed by atoms with Crippen LogP contribution < -0.4 is 5.73 Å². The van der Waals surface area contributed by atoms with Gasteiger partial charge in [0.2, 0.25) is 0 Å². The Hall–Kier alpha value is -2.22. The predicted molar refractivity (Wildman–Crippen MR) is 99.6 cm³/mol. The number of carboxylic acid groups (broad SMARTS) is 1. The molecule has 0 unspecified atom stereocenters. The topological polar surface area (TPSA) is 94.0 Å². The molecule has 0 aliphatic rings. The highest BCUT2D eigenvalue weighted by Crippen LogP contribution is 2.31. The van der Waals surface area contributed by atoms with Crippen LogP contribution in [0.3, 0.4) is 0 Å². The van der Waals surface area contributed by atoms with E-state index < -0.39 is 5.97 Å². The minimum absolute atomic E-state index is 0.138. The molecule has 128 valence electrons. The van der Waals surface area contributed by atoms with Crippen molar-refractivity contribution in [2.45, 2.75) is 5.16 Å². The molecule has 6 nitrogen and oxygen atoms in total. The van der Waals surface area contributed by atoms with E-state index in [-0.39, 0.29) is 5.75 Å². The van der Waals surface area contributed by atoms with E-state index >= 15 is 0 Å². The van der Waals surface area contributed by atoms with Gasteiger partial charge in [-0.1, -0.05) is 35.0 Å². The molecule has 2 aromatic carbocycles. The van der Waals surface area contributed by atoms with Gasteiger partial charge in [0.15, 0.2) is 11.0 Å². The lowest BCUT2D eigenvalue weighted by Gasteiger charge is -2.11. The SMILES string of the molecule is Nc1ccc(-c2nnc(SCC(=O)O)n2-c2ccc(Cl)c(Cl)c2)cc1. The van der Waals surface area contributed by atoms with Gasteiger partial charge in [0.05, 0.1) is 21.5 Å². The van der Waals surface area contributed by atoms with Crippen LogP contribution in [0.2, 0.25) is 10.0 Å². The number of nitrogen functional groups attached to an aromatic ring is 1. The predicted octanol–water partition coefficient (Wildman–Crippen LogP) is 4.00. The van der Waals surface area contributed by atoms with Crippen LogP contribution in [0.4, 0.5) is 5.69 Å². The fourth-order valence-corrected chi connectivity index (χ4v) is 3.13. The molecule has 0 aliphatic heterocycles. The first-order valence-corrected chi connectivity index (χ1v) is 8.81. The first-order chi connectivity index (χ1) is 12.0. The zero-order valence-electron chi connectivity index (χ0n) is 12.7. The molecule has 0 radical (unpaired) electrons. The maximum Gasteiger partial charge on any atom is 0.313 e. The number of aliphatic carboxylic acids is 1. The highest BCUT2D eigenvalue weighted by atomic mass is 35.5. The zero-order chi connectivity index (χ0) is 18.0. The second-order valence-corrected chi connectivity index (χ2v) is 6.80. The first kappa shape index (κ1) is 17.6. The zero-order valence-corrected chi connectivity index (χ0v) is 15.0. The summed E-state index contributed by atoms with van der Waals surface area (Å²) < 4.78 is 1.74. The minimum Gasteiger partial charge on any atom is -0.481 e. The fraction of sp³-hybridized carbons (Fsp3) is 0.0625. The molecule has 9 heteroatoms. The molecule has 25 heavy (non-hydrogen) atoms. The van der Waals surface area contributed by atoms with E-state index in [1.54, 1.807) is 34.9 Å². The highest BCUT2D eigenvalue weighted by molar-refractivity contribution is 7.99. The Morgan fingerprint density at radius 2 is 1.84 bits per heavy atom. The molecule has 3 aromatic rings. The number of aromatic nitrogens is 3. The minimum atomic E-state index is -0.942. The standard InChI is InChI=1S/C16H12Cl2N4O2S/c17-12-6-5-11(7-13(12)18)22-15(9-1-3-10(19)4-2-9)20-21-16(22)25-8-14(23)24/h1-7H,8,19H2,(H,23,24). The molecule has 0 amide bonds. The van der Waals surface area contributed by atoms with Crippen LogP contribution in [0.15, 0.2) is 47.6 Å². The van der Waals surface area contributed by atoms with Crippen LogP contribution in [0.5, 0.6) is 0 Å². The number of anilines is 1. The van der Waals surface area contributed by atoms with E-state index in [9.17, 15) is 4.79 Å². The van der Waals surface area contributed by atoms with Gasteiger partial charge in [-0.3, -0.25) is 9.36 Å². The van der Waals surface area contributed by atoms with E-state index in [0.717, 1.165) is 17.3 Å². The lowest BCUT2D eigenvalue weighted by molar-refractivity contribution is -0.133. The molecular weight excluding hydrogens is 383 g/mol. The summed E-state index contributed by atoms with van der Waals surface area (Å²) in [6, 6.07) is 12.3. The summed E-state index contributed by atoms with van der Waals surface area (Å²) in [6.45, 7) is 0. The van der Waals surface area contributed by atoms with E-state index in [1.807, 2.05) is 12.1 Å². The Morgan fingerprint density at radius 1 is 1.12 bits per heavy atom. The second-order valence-electron chi connectivity index (χ2n) is 5.04. The Balaban J connectivity index is 2.13. The number of nitrogens with two attached hydrogens (primary N) is 1. The summed E-state index contributed by atoms with van der Waals surface area (Å²) in [5.74, 6) is -0.532. The fourth-order valence-electron chi connectivity index (χ4n) is 2.17. The van der Waals surface area contributed by atoms with Crippen LogP contribution in [-0.4, -0.2) is 31.6 Å². The number of thioether (sulfide) groups is 1. The normalized spacial score (nSPS) is 10.8. The van der Waals surface area contributed by atoms with Gasteiger partial charge in [-0.25, -0.2) is 0 Å². The molecule has 0 aliphatic carbocycles. The number of carbonyl (C=O) groups is 1. The molecule has 0 bridgehead atoms. The number of nitrogens with zero attached hydrogens (tertiary/aromatic N) is 3. The van der Waals surface area contributed by atoms with Crippen molar-refractivity contribution in [1.82, 2.24) is 14.8 Å². The second kappa shape index (κ2) is 7.35. The molecule has 1 aromatic heterocycles. The lowest BCUT2D eigenvalue weighted by atomic mass is 10.2. The van der Waals surface area contributed by atoms with Crippen LogP contribution >= 0.6 is 35.0 Å². The third-order valence-corrected chi connectivity index (χ3v) is 4.94. The monoisotopic (exact) mass is 394 g/mol. The van der Waals surface area contributed by atoms with Gasteiger partial charge >= 0.3 is 5.97 Å². The maximum atomic E-state index is 10.9. The van der Waals surface area contributed by atoms with Crippen molar-refractivity contribution < 1.29 is 9.90 Å². The van der Waals surface area contributed by atoms with Crippen molar-refractivity contribution >= 4 is 46.6 Å². The van der Waals surface area contributed by atoms with Crippen molar-refractivity contribution in [2.75, 3.05) is 11.5 Å². The van der Waals surface area contributed by atoms with Gasteiger partial charge < -0.3 is 10.8 Å². The molecule has 3 rings (SSSR count). The summed E-state index contributed by atoms with van der Waals surface area (Å²) in [5, 5.41) is 18.5. The molecule has 0 atom stereocenters. The summed E-state index contributed by atoms with van der Waals surface area (Å²) in [7, 11) is 0. The summed E-state index contributed by atoms with van der Waals surface area (Å²) >= 11 is 13.2. The number of hydrogen-bond donors (Lipinski definition) is 2. The molecule has 0 saturated heterocycles. The summed E-state index contributed by atoms with van der Waals surface area (Å²) in [4.78, 5) is 10.9. The van der Waals surface area contributed by atoms with Gasteiger partial charge in [-0.15, -0.1) is 10.2 Å². The van der Waals surface area contributed by atoms with Crippen LogP contribution in [-0.2, 0) is 4.79 Å². The van der Waals surface area contributed by atoms with Crippen molar-refractivity contribution in [1.29, 1.82) is 0 Å². The Bertz CT molecular complexity index is 928. The number of carboxylic acids is 1. The number of benzene rings is 2. The average Bonchev–Trinajstić information content (AvgIpc) is 3.00. The van der Waals surface area contributed by atoms with Crippen molar-refractivity contribution in [3.05, 3.63) is 52.5 Å². The molecule has 0 spiro atoms. The Kier molecular flexibility index (Phi) is 5.17. The smallest absolute Gasteiger partial charge is 0.313 e. The van der Waals surface area contributed by atoms with Gasteiger partial charge in [0, 0.05) is 11.3 Å². The third kappa shape index (κ3) is 3.89. The maximum absolute atomic E-state index is 10.9.